The predicted molar refractivity (Wildman–Crippen MR) is 122 cm³/mol. The van der Waals surface area contributed by atoms with Gasteiger partial charge in [-0.05, 0) is 30.9 Å². The number of benzene rings is 1. The van der Waals surface area contributed by atoms with Gasteiger partial charge in [-0.1, -0.05) is 26.0 Å². The molecule has 0 bridgehead atoms. The van der Waals surface area contributed by atoms with Crippen LogP contribution in [-0.4, -0.2) is 73.4 Å². The monoisotopic (exact) mass is 444 g/mol. The third-order valence-electron chi connectivity index (χ3n) is 6.25. The van der Waals surface area contributed by atoms with E-state index in [9.17, 15) is 14.4 Å². The fourth-order valence-corrected chi connectivity index (χ4v) is 4.53. The molecule has 0 spiro atoms. The molecule has 2 amide bonds. The number of piperidine rings is 2. The number of hydrogen-bond acceptors (Lipinski definition) is 5. The SMILES string of the molecule is COCC(=O)N1CCC(Oc2ccccc2C(=O)N2CCC[C@@H](C(=O)CC(C)C)C2)CC1. The fraction of sp³-hybridized carbons (Fsp3) is 0.640. The van der Waals surface area contributed by atoms with E-state index in [1.165, 1.54) is 7.11 Å². The molecular formula is C25H36N2O5. The number of para-hydroxylation sites is 1. The van der Waals surface area contributed by atoms with E-state index in [1.54, 1.807) is 15.9 Å². The van der Waals surface area contributed by atoms with Gasteiger partial charge >= 0.3 is 0 Å². The molecule has 7 heteroatoms. The summed E-state index contributed by atoms with van der Waals surface area (Å²) in [6.45, 7) is 6.59. The molecule has 3 rings (SSSR count). The van der Waals surface area contributed by atoms with Gasteiger partial charge in [0.05, 0.1) is 5.56 Å². The molecule has 2 aliphatic heterocycles. The Morgan fingerprint density at radius 1 is 1.03 bits per heavy atom. The molecule has 1 atom stereocenters. The van der Waals surface area contributed by atoms with Crippen molar-refractivity contribution in [1.82, 2.24) is 9.80 Å². The largest absolute Gasteiger partial charge is 0.489 e. The molecule has 0 aliphatic carbocycles. The van der Waals surface area contributed by atoms with Gasteiger partial charge < -0.3 is 19.3 Å². The second-order valence-electron chi connectivity index (χ2n) is 9.28. The summed E-state index contributed by atoms with van der Waals surface area (Å²) in [7, 11) is 1.52. The molecular weight excluding hydrogens is 408 g/mol. The molecule has 0 radical (unpaired) electrons. The number of rotatable bonds is 8. The van der Waals surface area contributed by atoms with Crippen LogP contribution in [0.2, 0.25) is 0 Å². The van der Waals surface area contributed by atoms with Gasteiger partial charge in [-0.15, -0.1) is 0 Å². The zero-order valence-corrected chi connectivity index (χ0v) is 19.5. The number of Topliss-reactive ketones (excluding diaryl/α,β-unsaturated/α-hetero) is 1. The smallest absolute Gasteiger partial charge is 0.257 e. The van der Waals surface area contributed by atoms with E-state index in [1.807, 2.05) is 18.2 Å². The average Bonchev–Trinajstić information content (AvgIpc) is 2.79. The van der Waals surface area contributed by atoms with E-state index in [4.69, 9.17) is 9.47 Å². The molecule has 2 aliphatic rings. The maximum absolute atomic E-state index is 13.3. The Kier molecular flexibility index (Phi) is 8.67. The first-order valence-corrected chi connectivity index (χ1v) is 11.7. The molecule has 32 heavy (non-hydrogen) atoms. The summed E-state index contributed by atoms with van der Waals surface area (Å²) in [6.07, 6.45) is 3.65. The highest BCUT2D eigenvalue weighted by Gasteiger charge is 2.31. The number of ether oxygens (including phenoxy) is 2. The average molecular weight is 445 g/mol. The summed E-state index contributed by atoms with van der Waals surface area (Å²) in [4.78, 5) is 41.5. The number of methoxy groups -OCH3 is 1. The minimum Gasteiger partial charge on any atom is -0.489 e. The van der Waals surface area contributed by atoms with Gasteiger partial charge in [-0.2, -0.15) is 0 Å². The van der Waals surface area contributed by atoms with Crippen LogP contribution in [0.3, 0.4) is 0 Å². The topological polar surface area (TPSA) is 76.2 Å². The summed E-state index contributed by atoms with van der Waals surface area (Å²) in [5.74, 6) is 1.02. The van der Waals surface area contributed by atoms with Crippen LogP contribution in [0.4, 0.5) is 0 Å². The molecule has 1 aromatic rings. The number of carbonyl (C=O) groups excluding carboxylic acids is 3. The molecule has 0 N–H and O–H groups in total. The Hall–Kier alpha value is -2.41. The van der Waals surface area contributed by atoms with Crippen molar-refractivity contribution in [2.75, 3.05) is 39.9 Å². The highest BCUT2D eigenvalue weighted by Crippen LogP contribution is 2.27. The first-order valence-electron chi connectivity index (χ1n) is 11.7. The summed E-state index contributed by atoms with van der Waals surface area (Å²) < 4.78 is 11.2. The van der Waals surface area contributed by atoms with Crippen LogP contribution in [0.1, 0.15) is 56.3 Å². The van der Waals surface area contributed by atoms with E-state index in [0.29, 0.717) is 62.7 Å². The van der Waals surface area contributed by atoms with Gasteiger partial charge in [0.25, 0.3) is 5.91 Å². The lowest BCUT2D eigenvalue weighted by molar-refractivity contribution is -0.136. The van der Waals surface area contributed by atoms with Crippen molar-refractivity contribution in [2.24, 2.45) is 11.8 Å². The van der Waals surface area contributed by atoms with Crippen molar-refractivity contribution in [3.63, 3.8) is 0 Å². The Morgan fingerprint density at radius 3 is 2.44 bits per heavy atom. The lowest BCUT2D eigenvalue weighted by Crippen LogP contribution is -2.44. The second-order valence-corrected chi connectivity index (χ2v) is 9.28. The highest BCUT2D eigenvalue weighted by molar-refractivity contribution is 5.97. The third kappa shape index (κ3) is 6.31. The molecule has 2 saturated heterocycles. The molecule has 2 heterocycles. The minimum absolute atomic E-state index is 0.00630. The first kappa shape index (κ1) is 24.2. The number of hydrogen-bond donors (Lipinski definition) is 0. The number of amides is 2. The molecule has 1 aromatic carbocycles. The third-order valence-corrected chi connectivity index (χ3v) is 6.25. The van der Waals surface area contributed by atoms with Gasteiger partial charge in [-0.25, -0.2) is 0 Å². The van der Waals surface area contributed by atoms with Crippen LogP contribution < -0.4 is 4.74 Å². The van der Waals surface area contributed by atoms with Crippen LogP contribution in [0.5, 0.6) is 5.75 Å². The molecule has 2 fully saturated rings. The molecule has 0 aromatic heterocycles. The molecule has 0 unspecified atom stereocenters. The Balaban J connectivity index is 1.62. The lowest BCUT2D eigenvalue weighted by atomic mass is 9.89. The molecule has 7 nitrogen and oxygen atoms in total. The minimum atomic E-state index is -0.0737. The van der Waals surface area contributed by atoms with E-state index in [0.717, 1.165) is 12.8 Å². The lowest BCUT2D eigenvalue weighted by Gasteiger charge is -2.34. The van der Waals surface area contributed by atoms with Crippen LogP contribution >= 0.6 is 0 Å². The van der Waals surface area contributed by atoms with Crippen LogP contribution in [0.25, 0.3) is 0 Å². The van der Waals surface area contributed by atoms with Crippen molar-refractivity contribution in [3.8, 4) is 5.75 Å². The number of nitrogens with zero attached hydrogens (tertiary/aromatic N) is 2. The van der Waals surface area contributed by atoms with Gasteiger partial charge in [0.2, 0.25) is 5.91 Å². The number of carbonyl (C=O) groups is 3. The maximum Gasteiger partial charge on any atom is 0.257 e. The van der Waals surface area contributed by atoms with Gasteiger partial charge in [0, 0.05) is 58.5 Å². The van der Waals surface area contributed by atoms with Gasteiger partial charge in [0.15, 0.2) is 0 Å². The predicted octanol–water partition coefficient (Wildman–Crippen LogP) is 3.17. The summed E-state index contributed by atoms with van der Waals surface area (Å²) in [6, 6.07) is 7.35. The summed E-state index contributed by atoms with van der Waals surface area (Å²) in [5, 5.41) is 0. The number of ketones is 1. The van der Waals surface area contributed by atoms with Crippen LogP contribution in [0.15, 0.2) is 24.3 Å². The van der Waals surface area contributed by atoms with E-state index < -0.39 is 0 Å². The van der Waals surface area contributed by atoms with Crippen molar-refractivity contribution in [3.05, 3.63) is 29.8 Å². The molecule has 0 saturated carbocycles. The Labute approximate surface area is 191 Å². The molecule has 176 valence electrons. The van der Waals surface area contributed by atoms with E-state index >= 15 is 0 Å². The quantitative estimate of drug-likeness (QED) is 0.616. The maximum atomic E-state index is 13.3. The summed E-state index contributed by atoms with van der Waals surface area (Å²) >= 11 is 0. The Morgan fingerprint density at radius 2 is 1.75 bits per heavy atom. The zero-order valence-electron chi connectivity index (χ0n) is 19.5. The van der Waals surface area contributed by atoms with Crippen molar-refractivity contribution < 1.29 is 23.9 Å². The van der Waals surface area contributed by atoms with Crippen LogP contribution in [0, 0.1) is 11.8 Å². The standard InChI is InChI=1S/C25H36N2O5/c1-18(2)15-22(28)19-7-6-12-27(16-19)25(30)21-8-4-5-9-23(21)32-20-10-13-26(14-11-20)24(29)17-31-3/h4-5,8-9,18-20H,6-7,10-17H2,1-3H3/t19-/m1/s1. The van der Waals surface area contributed by atoms with E-state index in [2.05, 4.69) is 13.8 Å². The summed E-state index contributed by atoms with van der Waals surface area (Å²) in [5.41, 5.74) is 0.544. The van der Waals surface area contributed by atoms with Gasteiger partial charge in [-0.3, -0.25) is 14.4 Å². The van der Waals surface area contributed by atoms with Crippen molar-refractivity contribution in [2.45, 2.75) is 52.1 Å². The van der Waals surface area contributed by atoms with Crippen LogP contribution in [-0.2, 0) is 14.3 Å². The first-order chi connectivity index (χ1) is 15.4. The number of likely N-dealkylation sites (tertiary alicyclic amines) is 2. The highest BCUT2D eigenvalue weighted by atomic mass is 16.5. The van der Waals surface area contributed by atoms with Gasteiger partial charge in [0.1, 0.15) is 24.2 Å². The normalized spacial score (nSPS) is 19.8. The van der Waals surface area contributed by atoms with E-state index in [-0.39, 0.29) is 36.2 Å². The van der Waals surface area contributed by atoms with Crippen molar-refractivity contribution >= 4 is 17.6 Å². The zero-order chi connectivity index (χ0) is 23.1. The second kappa shape index (κ2) is 11.5. The Bertz CT molecular complexity index is 801. The van der Waals surface area contributed by atoms with Crippen molar-refractivity contribution in [1.29, 1.82) is 0 Å². The fourth-order valence-electron chi connectivity index (χ4n) is 4.53.